The van der Waals surface area contributed by atoms with E-state index < -0.39 is 6.10 Å². The fraction of sp³-hybridized carbons (Fsp3) is 0.417. The summed E-state index contributed by atoms with van der Waals surface area (Å²) in [6.07, 6.45) is -0.657. The molecular formula is C12H14O4. The van der Waals surface area contributed by atoms with Crippen molar-refractivity contribution in [3.05, 3.63) is 23.8 Å². The number of carbonyl (C=O) groups excluding carboxylic acids is 1. The maximum absolute atomic E-state index is 11.4. The number of ether oxygens (including phenoxy) is 3. The third-order valence-electron chi connectivity index (χ3n) is 2.31. The first kappa shape index (κ1) is 10.8. The van der Waals surface area contributed by atoms with Crippen LogP contribution in [0.15, 0.2) is 18.2 Å². The van der Waals surface area contributed by atoms with E-state index in [0.29, 0.717) is 18.1 Å². The van der Waals surface area contributed by atoms with Crippen molar-refractivity contribution in [1.82, 2.24) is 0 Å². The first-order valence-corrected chi connectivity index (χ1v) is 5.27. The van der Waals surface area contributed by atoms with Gasteiger partial charge in [0.1, 0.15) is 6.61 Å². The molecule has 0 saturated heterocycles. The summed E-state index contributed by atoms with van der Waals surface area (Å²) in [5.74, 6) is 0.893. The van der Waals surface area contributed by atoms with Crippen molar-refractivity contribution in [2.24, 2.45) is 0 Å². The molecule has 1 aliphatic heterocycles. The van der Waals surface area contributed by atoms with Gasteiger partial charge < -0.3 is 14.2 Å². The van der Waals surface area contributed by atoms with E-state index >= 15 is 0 Å². The van der Waals surface area contributed by atoms with E-state index in [4.69, 9.17) is 14.2 Å². The van der Waals surface area contributed by atoms with E-state index in [1.54, 1.807) is 13.0 Å². The minimum atomic E-state index is -0.657. The molecule has 16 heavy (non-hydrogen) atoms. The summed E-state index contributed by atoms with van der Waals surface area (Å²) in [5.41, 5.74) is 1.09. The molecule has 2 rings (SSSR count). The maximum Gasteiger partial charge on any atom is 0.350 e. The van der Waals surface area contributed by atoms with Gasteiger partial charge >= 0.3 is 5.97 Å². The van der Waals surface area contributed by atoms with Crippen LogP contribution in [0.1, 0.15) is 12.5 Å². The Morgan fingerprint density at radius 3 is 3.06 bits per heavy atom. The molecule has 0 aromatic heterocycles. The van der Waals surface area contributed by atoms with Crippen LogP contribution in [0.4, 0.5) is 0 Å². The van der Waals surface area contributed by atoms with E-state index in [2.05, 4.69) is 0 Å². The summed E-state index contributed by atoms with van der Waals surface area (Å²) < 4.78 is 15.8. The van der Waals surface area contributed by atoms with Crippen LogP contribution < -0.4 is 9.47 Å². The highest BCUT2D eigenvalue weighted by Gasteiger charge is 2.28. The summed E-state index contributed by atoms with van der Waals surface area (Å²) in [6.45, 7) is 4.29. The van der Waals surface area contributed by atoms with Gasteiger partial charge in [-0.25, -0.2) is 4.79 Å². The predicted molar refractivity (Wildman–Crippen MR) is 57.7 cm³/mol. The number of esters is 1. The number of hydrogen-bond acceptors (Lipinski definition) is 4. The van der Waals surface area contributed by atoms with Crippen LogP contribution in [-0.2, 0) is 9.53 Å². The SMILES string of the molecule is CCOC(=O)C1COc2cc(C)ccc2O1. The Morgan fingerprint density at radius 2 is 2.31 bits per heavy atom. The quantitative estimate of drug-likeness (QED) is 0.714. The normalized spacial score (nSPS) is 18.0. The Bertz CT molecular complexity index is 400. The molecule has 0 radical (unpaired) electrons. The molecule has 1 atom stereocenters. The van der Waals surface area contributed by atoms with Crippen LogP contribution in [-0.4, -0.2) is 25.3 Å². The van der Waals surface area contributed by atoms with Crippen LogP contribution in [0.5, 0.6) is 11.5 Å². The molecule has 0 bridgehead atoms. The monoisotopic (exact) mass is 222 g/mol. The molecule has 1 aromatic rings. The summed E-state index contributed by atoms with van der Waals surface area (Å²) in [4.78, 5) is 11.4. The molecule has 1 unspecified atom stereocenters. The highest BCUT2D eigenvalue weighted by atomic mass is 16.6. The van der Waals surface area contributed by atoms with E-state index in [9.17, 15) is 4.79 Å². The maximum atomic E-state index is 11.4. The molecule has 0 spiro atoms. The molecule has 0 fully saturated rings. The fourth-order valence-corrected chi connectivity index (χ4v) is 1.53. The molecule has 4 nitrogen and oxygen atoms in total. The Balaban J connectivity index is 2.12. The molecule has 0 aliphatic carbocycles. The molecule has 1 aliphatic rings. The highest BCUT2D eigenvalue weighted by Crippen LogP contribution is 2.32. The van der Waals surface area contributed by atoms with E-state index in [1.165, 1.54) is 0 Å². The average Bonchev–Trinajstić information content (AvgIpc) is 2.28. The smallest absolute Gasteiger partial charge is 0.350 e. The van der Waals surface area contributed by atoms with Gasteiger partial charge in [-0.2, -0.15) is 0 Å². The van der Waals surface area contributed by atoms with Crippen LogP contribution in [0.3, 0.4) is 0 Å². The van der Waals surface area contributed by atoms with Gasteiger partial charge in [0.15, 0.2) is 11.5 Å². The second-order valence-electron chi connectivity index (χ2n) is 3.62. The second kappa shape index (κ2) is 4.43. The van der Waals surface area contributed by atoms with Crippen molar-refractivity contribution in [3.63, 3.8) is 0 Å². The summed E-state index contributed by atoms with van der Waals surface area (Å²) >= 11 is 0. The van der Waals surface area contributed by atoms with Crippen LogP contribution in [0.2, 0.25) is 0 Å². The first-order chi connectivity index (χ1) is 7.70. The van der Waals surface area contributed by atoms with Gasteiger partial charge in [-0.05, 0) is 31.5 Å². The molecule has 86 valence electrons. The topological polar surface area (TPSA) is 44.8 Å². The van der Waals surface area contributed by atoms with Crippen molar-refractivity contribution in [1.29, 1.82) is 0 Å². The zero-order valence-corrected chi connectivity index (χ0v) is 9.36. The van der Waals surface area contributed by atoms with Gasteiger partial charge in [-0.3, -0.25) is 0 Å². The van der Waals surface area contributed by atoms with Gasteiger partial charge in [-0.15, -0.1) is 0 Å². The average molecular weight is 222 g/mol. The van der Waals surface area contributed by atoms with Gasteiger partial charge in [0.05, 0.1) is 6.61 Å². The third-order valence-corrected chi connectivity index (χ3v) is 2.31. The van der Waals surface area contributed by atoms with E-state index in [1.807, 2.05) is 19.1 Å². The molecule has 0 saturated carbocycles. The Labute approximate surface area is 94.1 Å². The summed E-state index contributed by atoms with van der Waals surface area (Å²) in [7, 11) is 0. The van der Waals surface area contributed by atoms with Gasteiger partial charge in [0.2, 0.25) is 6.10 Å². The summed E-state index contributed by atoms with van der Waals surface area (Å²) in [5, 5.41) is 0. The molecule has 1 aromatic carbocycles. The summed E-state index contributed by atoms with van der Waals surface area (Å²) in [6, 6.07) is 5.60. The Morgan fingerprint density at radius 1 is 1.50 bits per heavy atom. The lowest BCUT2D eigenvalue weighted by Gasteiger charge is -2.25. The Kier molecular flexibility index (Phi) is 2.99. The van der Waals surface area contributed by atoms with Gasteiger partial charge in [0, 0.05) is 0 Å². The number of fused-ring (bicyclic) bond motifs is 1. The first-order valence-electron chi connectivity index (χ1n) is 5.27. The van der Waals surface area contributed by atoms with Crippen molar-refractivity contribution in [3.8, 4) is 11.5 Å². The van der Waals surface area contributed by atoms with Crippen molar-refractivity contribution < 1.29 is 19.0 Å². The predicted octanol–water partition coefficient (Wildman–Crippen LogP) is 1.70. The highest BCUT2D eigenvalue weighted by molar-refractivity contribution is 5.76. The number of aryl methyl sites for hydroxylation is 1. The lowest BCUT2D eigenvalue weighted by molar-refractivity contribution is -0.153. The van der Waals surface area contributed by atoms with E-state index in [-0.39, 0.29) is 12.6 Å². The zero-order chi connectivity index (χ0) is 11.5. The van der Waals surface area contributed by atoms with Crippen LogP contribution in [0, 0.1) is 6.92 Å². The Hall–Kier alpha value is -1.71. The van der Waals surface area contributed by atoms with Gasteiger partial charge in [-0.1, -0.05) is 6.07 Å². The minimum absolute atomic E-state index is 0.204. The fourth-order valence-electron chi connectivity index (χ4n) is 1.53. The standard InChI is InChI=1S/C12H14O4/c1-3-14-12(13)11-7-15-10-6-8(2)4-5-9(10)16-11/h4-6,11H,3,7H2,1-2H3. The second-order valence-corrected chi connectivity index (χ2v) is 3.62. The van der Waals surface area contributed by atoms with Crippen molar-refractivity contribution in [2.75, 3.05) is 13.2 Å². The number of rotatable bonds is 2. The molecule has 1 heterocycles. The van der Waals surface area contributed by atoms with Gasteiger partial charge in [0.25, 0.3) is 0 Å². The third kappa shape index (κ3) is 2.10. The van der Waals surface area contributed by atoms with Crippen molar-refractivity contribution in [2.45, 2.75) is 20.0 Å². The zero-order valence-electron chi connectivity index (χ0n) is 9.36. The number of benzene rings is 1. The van der Waals surface area contributed by atoms with Crippen LogP contribution in [0.25, 0.3) is 0 Å². The number of hydrogen-bond donors (Lipinski definition) is 0. The lowest BCUT2D eigenvalue weighted by Crippen LogP contribution is -2.37. The number of carbonyl (C=O) groups is 1. The molecule has 0 amide bonds. The largest absolute Gasteiger partial charge is 0.485 e. The molecule has 0 N–H and O–H groups in total. The van der Waals surface area contributed by atoms with Crippen molar-refractivity contribution >= 4 is 5.97 Å². The molecular weight excluding hydrogens is 208 g/mol. The van der Waals surface area contributed by atoms with E-state index in [0.717, 1.165) is 5.56 Å². The minimum Gasteiger partial charge on any atom is -0.485 e. The molecule has 4 heteroatoms. The van der Waals surface area contributed by atoms with Crippen LogP contribution >= 0.6 is 0 Å². The lowest BCUT2D eigenvalue weighted by atomic mass is 10.2.